The molecule has 0 unspecified atom stereocenters. The van der Waals surface area contributed by atoms with E-state index < -0.39 is 29.6 Å². The SMILES string of the molecule is CCn1nc(C)cc1C(=O)Nc1nc2cc(C(N)=O)cc(OCCCNC(=O)CCC(=O)O)c2n1CC=CCn1c2nc(-c3cc(C)nn3CC)ncc2c2cc(C(N)=O)cc(OCCCOC)c21. The molecule has 0 saturated heterocycles. The van der Waals surface area contributed by atoms with E-state index in [1.165, 1.54) is 12.1 Å². The molecule has 0 fully saturated rings. The van der Waals surface area contributed by atoms with E-state index in [4.69, 9.17) is 45.7 Å². The molecule has 7 N–H and O–H groups in total. The molecule has 0 spiro atoms. The largest absolute Gasteiger partial charge is 0.491 e. The molecule has 0 aliphatic heterocycles. The molecule has 22 heteroatoms. The lowest BCUT2D eigenvalue weighted by atomic mass is 10.1. The zero-order valence-electron chi connectivity index (χ0n) is 39.1. The van der Waals surface area contributed by atoms with Crippen LogP contribution in [0.25, 0.3) is 44.5 Å². The predicted octanol–water partition coefficient (Wildman–Crippen LogP) is 4.52. The Balaban J connectivity index is 1.30. The normalized spacial score (nSPS) is 11.6. The van der Waals surface area contributed by atoms with E-state index in [-0.39, 0.29) is 61.9 Å². The third-order valence-electron chi connectivity index (χ3n) is 11.1. The Morgan fingerprint density at radius 1 is 0.754 bits per heavy atom. The fourth-order valence-electron chi connectivity index (χ4n) is 7.91. The van der Waals surface area contributed by atoms with Gasteiger partial charge in [-0.25, -0.2) is 15.0 Å². The molecule has 5 heterocycles. The number of hydrogen-bond donors (Lipinski definition) is 5. The summed E-state index contributed by atoms with van der Waals surface area (Å²) in [7, 11) is 1.61. The number of primary amides is 2. The van der Waals surface area contributed by atoms with Crippen molar-refractivity contribution in [2.24, 2.45) is 11.5 Å². The Morgan fingerprint density at radius 2 is 1.41 bits per heavy atom. The molecule has 4 amide bonds. The number of carbonyl (C=O) groups excluding carboxylic acids is 4. The highest BCUT2D eigenvalue weighted by atomic mass is 16.5. The average molecular weight is 946 g/mol. The van der Waals surface area contributed by atoms with Crippen molar-refractivity contribution in [3.8, 4) is 23.0 Å². The van der Waals surface area contributed by atoms with Gasteiger partial charge in [-0.2, -0.15) is 10.2 Å². The van der Waals surface area contributed by atoms with Crippen molar-refractivity contribution < 1.29 is 43.3 Å². The number of allylic oxidation sites excluding steroid dienone is 2. The van der Waals surface area contributed by atoms with Crippen molar-refractivity contribution in [2.75, 3.05) is 38.8 Å². The number of aromatic nitrogens is 9. The van der Waals surface area contributed by atoms with Crippen molar-refractivity contribution in [3.63, 3.8) is 0 Å². The van der Waals surface area contributed by atoms with E-state index in [0.29, 0.717) is 95.1 Å². The lowest BCUT2D eigenvalue weighted by molar-refractivity contribution is -0.138. The minimum absolute atomic E-state index is 0.0811. The third-order valence-corrected chi connectivity index (χ3v) is 11.1. The number of carbonyl (C=O) groups is 5. The highest BCUT2D eigenvalue weighted by molar-refractivity contribution is 6.12. The van der Waals surface area contributed by atoms with Crippen molar-refractivity contribution in [3.05, 3.63) is 83.0 Å². The summed E-state index contributed by atoms with van der Waals surface area (Å²) in [4.78, 5) is 76.8. The van der Waals surface area contributed by atoms with Crippen molar-refractivity contribution in [2.45, 2.75) is 79.6 Å². The van der Waals surface area contributed by atoms with E-state index in [9.17, 15) is 24.0 Å². The quantitative estimate of drug-likeness (QED) is 0.0411. The third kappa shape index (κ3) is 11.0. The van der Waals surface area contributed by atoms with Crippen LogP contribution in [0, 0.1) is 13.8 Å². The molecule has 22 nitrogen and oxygen atoms in total. The van der Waals surface area contributed by atoms with Crippen LogP contribution >= 0.6 is 0 Å². The van der Waals surface area contributed by atoms with Crippen molar-refractivity contribution in [1.29, 1.82) is 0 Å². The molecular formula is C47H55N13O9. The second-order valence-corrected chi connectivity index (χ2v) is 16.1. The summed E-state index contributed by atoms with van der Waals surface area (Å²) in [5, 5.41) is 24.9. The van der Waals surface area contributed by atoms with Gasteiger partial charge < -0.3 is 45.2 Å². The number of fused-ring (bicyclic) bond motifs is 4. The van der Waals surface area contributed by atoms with Crippen LogP contribution in [0.5, 0.6) is 11.5 Å². The molecule has 0 aliphatic carbocycles. The monoisotopic (exact) mass is 945 g/mol. The Morgan fingerprint density at radius 3 is 2.09 bits per heavy atom. The van der Waals surface area contributed by atoms with E-state index in [1.54, 1.807) is 47.7 Å². The molecule has 0 atom stereocenters. The number of rotatable bonds is 24. The van der Waals surface area contributed by atoms with Gasteiger partial charge >= 0.3 is 5.97 Å². The number of amides is 4. The van der Waals surface area contributed by atoms with Crippen LogP contribution in [-0.2, 0) is 40.5 Å². The van der Waals surface area contributed by atoms with E-state index in [1.807, 2.05) is 48.2 Å². The molecule has 0 saturated carbocycles. The Kier molecular flexibility index (Phi) is 15.3. The number of nitrogens with two attached hydrogens (primary N) is 2. The zero-order valence-corrected chi connectivity index (χ0v) is 39.1. The fraction of sp³-hybridized carbons (Fsp3) is 0.362. The number of methoxy groups -OCH3 is 1. The number of benzene rings is 2. The van der Waals surface area contributed by atoms with Crippen molar-refractivity contribution in [1.82, 2.24) is 49.0 Å². The summed E-state index contributed by atoms with van der Waals surface area (Å²) in [6.45, 7) is 9.98. The van der Waals surface area contributed by atoms with Gasteiger partial charge in [0.1, 0.15) is 34.1 Å². The number of anilines is 1. The maximum atomic E-state index is 13.9. The van der Waals surface area contributed by atoms with Crippen LogP contribution in [0.2, 0.25) is 0 Å². The van der Waals surface area contributed by atoms with Crippen LogP contribution in [-0.4, -0.2) is 112 Å². The first-order chi connectivity index (χ1) is 33.2. The Bertz CT molecular complexity index is 3110. The molecule has 362 valence electrons. The molecule has 0 radical (unpaired) electrons. The van der Waals surface area contributed by atoms with Crippen LogP contribution in [0.3, 0.4) is 0 Å². The lowest BCUT2D eigenvalue weighted by Gasteiger charge is -2.13. The summed E-state index contributed by atoms with van der Waals surface area (Å²) in [6, 6.07) is 9.93. The summed E-state index contributed by atoms with van der Waals surface area (Å²) >= 11 is 0. The molecule has 7 aromatic rings. The van der Waals surface area contributed by atoms with Gasteiger partial charge in [-0.3, -0.25) is 38.7 Å². The minimum Gasteiger partial charge on any atom is -0.491 e. The molecule has 5 aromatic heterocycles. The second-order valence-electron chi connectivity index (χ2n) is 16.1. The van der Waals surface area contributed by atoms with Gasteiger partial charge in [-0.15, -0.1) is 0 Å². The van der Waals surface area contributed by atoms with Crippen LogP contribution in [0.15, 0.2) is 54.7 Å². The van der Waals surface area contributed by atoms with E-state index in [0.717, 1.165) is 11.4 Å². The number of nitrogens with zero attached hydrogens (tertiary/aromatic N) is 9. The number of aryl methyl sites for hydroxylation is 4. The first-order valence-corrected chi connectivity index (χ1v) is 22.5. The minimum atomic E-state index is -1.07. The predicted molar refractivity (Wildman–Crippen MR) is 255 cm³/mol. The number of carboxylic acids is 1. The van der Waals surface area contributed by atoms with Crippen LogP contribution < -0.4 is 31.6 Å². The lowest BCUT2D eigenvalue weighted by Crippen LogP contribution is -2.25. The molecule has 0 bridgehead atoms. The zero-order chi connectivity index (χ0) is 49.4. The van der Waals surface area contributed by atoms with Crippen LogP contribution in [0.4, 0.5) is 5.95 Å². The molecular weight excluding hydrogens is 891 g/mol. The second kappa shape index (κ2) is 21.7. The summed E-state index contributed by atoms with van der Waals surface area (Å²) in [5.41, 5.74) is 16.4. The standard InChI is InChI=1S/C47H55N13O9/c1-6-59-34(20-27(3)55-59)44-51-26-32-31-22-29(42(48)64)24-36(69-19-11-17-67-5)40(31)57(45(32)53-44)15-8-9-16-58-41-33(52-47(58)54-46(66)35-21-28(4)56-60(35)7-2)23-30(43(49)65)25-37(41)68-18-10-14-50-38(61)12-13-39(62)63/h8-9,20-26H,6-7,10-19H2,1-5H3,(H2,48,64)(H2,49,65)(H,50,61)(H,62,63)(H,52,54,66). The number of aliphatic carboxylic acids is 1. The van der Waals surface area contributed by atoms with Gasteiger partial charge in [0, 0.05) is 87.4 Å². The van der Waals surface area contributed by atoms with Gasteiger partial charge in [-0.05, 0) is 70.5 Å². The maximum absolute atomic E-state index is 13.9. The van der Waals surface area contributed by atoms with Gasteiger partial charge in [0.05, 0.1) is 42.1 Å². The summed E-state index contributed by atoms with van der Waals surface area (Å²) in [6.07, 6.45) is 5.98. The molecule has 0 aliphatic rings. The Hall–Kier alpha value is -8.14. The average Bonchev–Trinajstić information content (AvgIpc) is 4.08. The molecule has 69 heavy (non-hydrogen) atoms. The first-order valence-electron chi connectivity index (χ1n) is 22.5. The number of hydrogen-bond acceptors (Lipinski definition) is 13. The van der Waals surface area contributed by atoms with Gasteiger partial charge in [0.15, 0.2) is 5.82 Å². The number of carboxylic acid groups (broad SMARTS) is 1. The molecule has 7 rings (SSSR count). The topological polar surface area (TPSA) is 294 Å². The number of nitrogens with one attached hydrogen (secondary N) is 2. The number of imidazole rings is 1. The van der Waals surface area contributed by atoms with Crippen LogP contribution in [0.1, 0.15) is 82.1 Å². The first kappa shape index (κ1) is 48.8. The fourth-order valence-corrected chi connectivity index (χ4v) is 7.91. The smallest absolute Gasteiger partial charge is 0.303 e. The Labute approximate surface area is 395 Å². The molecule has 2 aromatic carbocycles. The van der Waals surface area contributed by atoms with Gasteiger partial charge in [0.2, 0.25) is 23.7 Å². The summed E-state index contributed by atoms with van der Waals surface area (Å²) < 4.78 is 24.9. The van der Waals surface area contributed by atoms with Gasteiger partial charge in [0.25, 0.3) is 5.91 Å². The van der Waals surface area contributed by atoms with Crippen molar-refractivity contribution >= 4 is 68.5 Å². The van der Waals surface area contributed by atoms with E-state index in [2.05, 4.69) is 20.8 Å². The number of ether oxygens (including phenoxy) is 3. The highest BCUT2D eigenvalue weighted by Crippen LogP contribution is 2.37. The maximum Gasteiger partial charge on any atom is 0.303 e. The van der Waals surface area contributed by atoms with E-state index >= 15 is 0 Å². The summed E-state index contributed by atoms with van der Waals surface area (Å²) in [5.74, 6) is -2.07. The van der Waals surface area contributed by atoms with Gasteiger partial charge in [-0.1, -0.05) is 12.2 Å². The highest BCUT2D eigenvalue weighted by Gasteiger charge is 2.24.